The average molecular weight is 330 g/mol. The van der Waals surface area contributed by atoms with Gasteiger partial charge in [-0.15, -0.1) is 4.57 Å². The molecule has 4 nitrogen and oxygen atoms in total. The van der Waals surface area contributed by atoms with Crippen molar-refractivity contribution >= 4 is 33.4 Å². The van der Waals surface area contributed by atoms with E-state index in [4.69, 9.17) is 11.5 Å². The predicted molar refractivity (Wildman–Crippen MR) is 102 cm³/mol. The molecule has 0 aliphatic rings. The second-order valence-electron chi connectivity index (χ2n) is 6.62. The summed E-state index contributed by atoms with van der Waals surface area (Å²) in [6, 6.07) is 18.7. The van der Waals surface area contributed by atoms with Crippen LogP contribution in [-0.2, 0) is 7.05 Å². The number of rotatable bonds is 1. The largest absolute Gasteiger partial charge is 0.398 e. The Kier molecular flexibility index (Phi) is 3.35. The minimum atomic E-state index is 0.789. The number of benzene rings is 3. The van der Waals surface area contributed by atoms with Crippen molar-refractivity contribution < 1.29 is 9.13 Å². The third kappa shape index (κ3) is 2.30. The minimum absolute atomic E-state index is 0.789. The highest BCUT2D eigenvalue weighted by Gasteiger charge is 2.28. The van der Waals surface area contributed by atoms with E-state index < -0.39 is 0 Å². The summed E-state index contributed by atoms with van der Waals surface area (Å²) in [5.74, 6) is 0. The van der Waals surface area contributed by atoms with E-state index in [2.05, 4.69) is 40.4 Å². The quantitative estimate of drug-likeness (QED) is 0.320. The lowest BCUT2D eigenvalue weighted by atomic mass is 10.1. The van der Waals surface area contributed by atoms with Gasteiger partial charge < -0.3 is 11.5 Å². The Balaban J connectivity index is 2.30. The van der Waals surface area contributed by atoms with Crippen molar-refractivity contribution in [3.63, 3.8) is 0 Å². The number of hydrogen-bond acceptors (Lipinski definition) is 2. The fourth-order valence-corrected chi connectivity index (χ4v) is 3.41. The van der Waals surface area contributed by atoms with Crippen LogP contribution in [0.1, 0.15) is 11.1 Å². The molecule has 0 aliphatic heterocycles. The van der Waals surface area contributed by atoms with E-state index in [1.165, 1.54) is 0 Å². The monoisotopic (exact) mass is 330 g/mol. The molecule has 0 fully saturated rings. The van der Waals surface area contributed by atoms with Crippen LogP contribution in [0.2, 0.25) is 0 Å². The molecule has 0 bridgehead atoms. The fraction of sp³-hybridized carbons (Fsp3) is 0.143. The van der Waals surface area contributed by atoms with Gasteiger partial charge in [-0.25, -0.2) is 0 Å². The number of aromatic nitrogens is 2. The van der Waals surface area contributed by atoms with Crippen LogP contribution in [0.4, 0.5) is 11.4 Å². The van der Waals surface area contributed by atoms with E-state index in [1.54, 1.807) is 0 Å². The summed E-state index contributed by atoms with van der Waals surface area (Å²) in [7, 11) is 2.09. The van der Waals surface area contributed by atoms with Crippen LogP contribution in [-0.4, -0.2) is 0 Å². The highest BCUT2D eigenvalue weighted by molar-refractivity contribution is 5.82. The summed E-state index contributed by atoms with van der Waals surface area (Å²) in [6.45, 7) is 4.08. The van der Waals surface area contributed by atoms with Crippen molar-refractivity contribution in [2.24, 2.45) is 7.05 Å². The number of hydrogen-bond donors (Lipinski definition) is 2. The maximum absolute atomic E-state index is 6.23. The molecule has 25 heavy (non-hydrogen) atoms. The van der Waals surface area contributed by atoms with Crippen molar-refractivity contribution in [2.75, 3.05) is 11.5 Å². The predicted octanol–water partition coefficient (Wildman–Crippen LogP) is 2.88. The van der Waals surface area contributed by atoms with E-state index in [9.17, 15) is 0 Å². The van der Waals surface area contributed by atoms with Crippen LogP contribution in [0, 0.1) is 13.8 Å². The van der Waals surface area contributed by atoms with Gasteiger partial charge in [-0.1, -0.05) is 18.2 Å². The van der Waals surface area contributed by atoms with Gasteiger partial charge in [-0.3, -0.25) is 0 Å². The highest BCUT2D eigenvalue weighted by atomic mass is 15.1. The van der Waals surface area contributed by atoms with E-state index in [0.29, 0.717) is 0 Å². The topological polar surface area (TPSA) is 59.8 Å². The SMILES string of the molecule is Cc1cc2c(cc1N)[n+](-c1ccccc1)c1cc(N)c(C)cc1[n+]2C. The summed E-state index contributed by atoms with van der Waals surface area (Å²) in [5, 5.41) is 0. The first-order valence-electron chi connectivity index (χ1n) is 8.36. The molecule has 1 aromatic heterocycles. The van der Waals surface area contributed by atoms with Gasteiger partial charge in [0, 0.05) is 47.8 Å². The number of nitrogen functional groups attached to an aromatic ring is 2. The average Bonchev–Trinajstić information content (AvgIpc) is 2.60. The third-order valence-corrected chi connectivity index (χ3v) is 4.95. The summed E-state index contributed by atoms with van der Waals surface area (Å²) in [5.41, 5.74) is 21.7. The second kappa shape index (κ2) is 5.45. The van der Waals surface area contributed by atoms with Gasteiger partial charge in [0.2, 0.25) is 5.69 Å². The van der Waals surface area contributed by atoms with Crippen molar-refractivity contribution in [3.05, 3.63) is 65.7 Å². The molecule has 124 valence electrons. The normalized spacial score (nSPS) is 11.3. The summed E-state index contributed by atoms with van der Waals surface area (Å²) < 4.78 is 4.44. The molecule has 3 aromatic carbocycles. The molecule has 4 heteroatoms. The van der Waals surface area contributed by atoms with E-state index in [0.717, 1.165) is 50.3 Å². The number of fused-ring (bicyclic) bond motifs is 2. The summed E-state index contributed by atoms with van der Waals surface area (Å²) in [4.78, 5) is 0. The first kappa shape index (κ1) is 15.4. The molecule has 0 radical (unpaired) electrons. The number of nitrogens with zero attached hydrogens (tertiary/aromatic N) is 2. The zero-order chi connectivity index (χ0) is 17.7. The summed E-state index contributed by atoms with van der Waals surface area (Å²) >= 11 is 0. The molecule has 0 spiro atoms. The lowest BCUT2D eigenvalue weighted by molar-refractivity contribution is -0.635. The highest BCUT2D eigenvalue weighted by Crippen LogP contribution is 2.23. The molecular weight excluding hydrogens is 308 g/mol. The molecule has 0 atom stereocenters. The Hall–Kier alpha value is -3.14. The van der Waals surface area contributed by atoms with E-state index in [-0.39, 0.29) is 0 Å². The van der Waals surface area contributed by atoms with Crippen molar-refractivity contribution in [2.45, 2.75) is 13.8 Å². The van der Waals surface area contributed by atoms with Gasteiger partial charge in [-0.05, 0) is 25.0 Å². The molecular formula is C21H22N4+2. The molecule has 1 heterocycles. The molecule has 0 aliphatic carbocycles. The van der Waals surface area contributed by atoms with E-state index >= 15 is 0 Å². The number of anilines is 2. The molecule has 4 aromatic rings. The van der Waals surface area contributed by atoms with Crippen LogP contribution in [0.3, 0.4) is 0 Å². The Labute approximate surface area is 146 Å². The van der Waals surface area contributed by atoms with Gasteiger partial charge in [-0.2, -0.15) is 4.57 Å². The van der Waals surface area contributed by atoms with Gasteiger partial charge in [0.1, 0.15) is 7.05 Å². The molecule has 0 saturated heterocycles. The van der Waals surface area contributed by atoms with E-state index in [1.807, 2.05) is 44.2 Å². The van der Waals surface area contributed by atoms with Gasteiger partial charge in [0.25, 0.3) is 22.1 Å². The maximum Gasteiger partial charge on any atom is 0.285 e. The van der Waals surface area contributed by atoms with Crippen molar-refractivity contribution in [3.8, 4) is 5.69 Å². The number of nitrogens with two attached hydrogens (primary N) is 2. The third-order valence-electron chi connectivity index (χ3n) is 4.95. The fourth-order valence-electron chi connectivity index (χ4n) is 3.41. The number of aryl methyl sites for hydroxylation is 3. The van der Waals surface area contributed by atoms with Crippen LogP contribution < -0.4 is 20.6 Å². The Morgan fingerprint density at radius 1 is 0.680 bits per heavy atom. The second-order valence-corrected chi connectivity index (χ2v) is 6.62. The maximum atomic E-state index is 6.23. The lowest BCUT2D eigenvalue weighted by Gasteiger charge is -2.08. The van der Waals surface area contributed by atoms with Crippen LogP contribution in [0.25, 0.3) is 27.8 Å². The van der Waals surface area contributed by atoms with Gasteiger partial charge in [0.15, 0.2) is 0 Å². The molecule has 4 rings (SSSR count). The Bertz CT molecular complexity index is 1060. The Morgan fingerprint density at radius 3 is 1.64 bits per heavy atom. The van der Waals surface area contributed by atoms with Crippen LogP contribution in [0.15, 0.2) is 54.6 Å². The molecule has 0 amide bonds. The molecule has 0 unspecified atom stereocenters. The summed E-state index contributed by atoms with van der Waals surface area (Å²) in [6.07, 6.45) is 0. The van der Waals surface area contributed by atoms with Gasteiger partial charge in [0.05, 0.1) is 0 Å². The van der Waals surface area contributed by atoms with Crippen molar-refractivity contribution in [1.82, 2.24) is 0 Å². The van der Waals surface area contributed by atoms with Gasteiger partial charge >= 0.3 is 0 Å². The standard InChI is InChI=1S/C21H21N4/c1-13-9-18-20(11-16(13)22)25(15-7-5-4-6-8-15)21-12-17(23)14(2)10-19(21)24(18)3/h4-12H,1-3H3,(H3,22,23)/q+1/p+1. The van der Waals surface area contributed by atoms with Crippen LogP contribution >= 0.6 is 0 Å². The smallest absolute Gasteiger partial charge is 0.285 e. The number of para-hydroxylation sites is 1. The lowest BCUT2D eigenvalue weighted by Crippen LogP contribution is -2.42. The van der Waals surface area contributed by atoms with Crippen molar-refractivity contribution in [1.29, 1.82) is 0 Å². The molecule has 0 saturated carbocycles. The van der Waals surface area contributed by atoms with Crippen LogP contribution in [0.5, 0.6) is 0 Å². The first-order valence-corrected chi connectivity index (χ1v) is 8.36. The zero-order valence-corrected chi connectivity index (χ0v) is 14.7. The first-order chi connectivity index (χ1) is 12.0. The Morgan fingerprint density at radius 2 is 1.16 bits per heavy atom. The minimum Gasteiger partial charge on any atom is -0.398 e. The molecule has 4 N–H and O–H groups in total. The zero-order valence-electron chi connectivity index (χ0n) is 14.7.